The monoisotopic (exact) mass is 463 g/mol. The van der Waals surface area contributed by atoms with Crippen LogP contribution in [0.2, 0.25) is 0 Å². The summed E-state index contributed by atoms with van der Waals surface area (Å²) in [7, 11) is 0. The number of rotatable bonds is 6. The van der Waals surface area contributed by atoms with Gasteiger partial charge in [-0.15, -0.1) is 0 Å². The predicted octanol–water partition coefficient (Wildman–Crippen LogP) is 1.45. The number of hydrogen-bond acceptors (Lipinski definition) is 5. The van der Waals surface area contributed by atoms with E-state index in [1.165, 1.54) is 18.2 Å². The molecule has 2 atom stereocenters. The van der Waals surface area contributed by atoms with Crippen molar-refractivity contribution in [2.45, 2.75) is 25.4 Å². The van der Waals surface area contributed by atoms with Crippen LogP contribution in [0.3, 0.4) is 0 Å². The van der Waals surface area contributed by atoms with E-state index < -0.39 is 11.4 Å². The van der Waals surface area contributed by atoms with Gasteiger partial charge in [0.1, 0.15) is 12.4 Å². The number of benzene rings is 1. The second kappa shape index (κ2) is 9.34. The molecule has 2 aromatic heterocycles. The number of carbonyl (C=O) groups excluding carboxylic acids is 1. The maximum absolute atomic E-state index is 14.1. The summed E-state index contributed by atoms with van der Waals surface area (Å²) in [4.78, 5) is 39.1. The number of fused-ring (bicyclic) bond motifs is 4. The average molecular weight is 464 g/mol. The summed E-state index contributed by atoms with van der Waals surface area (Å²) in [5.41, 5.74) is 1.31. The SMILES string of the molecule is O=C(Cn1nc(-c2ccccc2F)ccc1=O)NCCN1C[C@H]2C[C@@H](C1)c1cccc(=O)n1C2. The van der Waals surface area contributed by atoms with Crippen molar-refractivity contribution in [2.75, 3.05) is 26.2 Å². The van der Waals surface area contributed by atoms with Crippen LogP contribution >= 0.6 is 0 Å². The number of carbonyl (C=O) groups is 1. The molecule has 0 radical (unpaired) electrons. The molecular weight excluding hydrogens is 437 g/mol. The molecule has 1 aromatic carbocycles. The van der Waals surface area contributed by atoms with E-state index in [1.807, 2.05) is 16.7 Å². The number of hydrogen-bond donors (Lipinski definition) is 1. The highest BCUT2D eigenvalue weighted by molar-refractivity contribution is 5.75. The van der Waals surface area contributed by atoms with Crippen molar-refractivity contribution in [1.29, 1.82) is 0 Å². The van der Waals surface area contributed by atoms with Crippen molar-refractivity contribution in [3.8, 4) is 11.3 Å². The quantitative estimate of drug-likeness (QED) is 0.598. The average Bonchev–Trinajstić information content (AvgIpc) is 2.82. The lowest BCUT2D eigenvalue weighted by Gasteiger charge is -2.42. The van der Waals surface area contributed by atoms with Crippen LogP contribution < -0.4 is 16.4 Å². The Morgan fingerprint density at radius 1 is 1.00 bits per heavy atom. The Balaban J connectivity index is 1.17. The Kier molecular flexibility index (Phi) is 6.10. The minimum Gasteiger partial charge on any atom is -0.353 e. The fourth-order valence-corrected chi connectivity index (χ4v) is 5.10. The van der Waals surface area contributed by atoms with Gasteiger partial charge in [-0.05, 0) is 36.6 Å². The first-order valence-electron chi connectivity index (χ1n) is 11.5. The first-order valence-corrected chi connectivity index (χ1v) is 11.5. The highest BCUT2D eigenvalue weighted by Gasteiger charge is 2.34. The van der Waals surface area contributed by atoms with Crippen LogP contribution in [0.25, 0.3) is 11.3 Å². The highest BCUT2D eigenvalue weighted by atomic mass is 19.1. The van der Waals surface area contributed by atoms with Gasteiger partial charge in [0.05, 0.1) is 5.69 Å². The molecule has 1 saturated heterocycles. The second-order valence-corrected chi connectivity index (χ2v) is 9.00. The summed E-state index contributed by atoms with van der Waals surface area (Å²) in [5, 5.41) is 7.03. The first-order chi connectivity index (χ1) is 16.5. The number of nitrogens with one attached hydrogen (secondary N) is 1. The summed E-state index contributed by atoms with van der Waals surface area (Å²) in [6.07, 6.45) is 1.08. The van der Waals surface area contributed by atoms with Gasteiger partial charge in [-0.2, -0.15) is 5.10 Å². The summed E-state index contributed by atoms with van der Waals surface area (Å²) in [5.74, 6) is -0.0233. The molecule has 0 saturated carbocycles. The number of aromatic nitrogens is 3. The lowest BCUT2D eigenvalue weighted by atomic mass is 9.83. The first kappa shape index (κ1) is 22.2. The van der Waals surface area contributed by atoms with Gasteiger partial charge in [0.15, 0.2) is 0 Å². The number of pyridine rings is 1. The Bertz CT molecular complexity index is 1330. The molecule has 4 heterocycles. The van der Waals surface area contributed by atoms with Gasteiger partial charge in [0, 0.05) is 62.0 Å². The molecule has 1 fully saturated rings. The largest absolute Gasteiger partial charge is 0.353 e. The molecule has 0 unspecified atom stereocenters. The van der Waals surface area contributed by atoms with E-state index in [4.69, 9.17) is 0 Å². The fraction of sp³-hybridized carbons (Fsp3) is 0.360. The van der Waals surface area contributed by atoms with E-state index in [0.717, 1.165) is 36.4 Å². The van der Waals surface area contributed by atoms with Crippen LogP contribution in [0, 0.1) is 11.7 Å². The van der Waals surface area contributed by atoms with Crippen molar-refractivity contribution in [2.24, 2.45) is 5.92 Å². The van der Waals surface area contributed by atoms with E-state index in [-0.39, 0.29) is 23.6 Å². The van der Waals surface area contributed by atoms with Crippen molar-refractivity contribution in [3.05, 3.63) is 86.8 Å². The van der Waals surface area contributed by atoms with E-state index in [1.54, 1.807) is 24.3 Å². The van der Waals surface area contributed by atoms with Gasteiger partial charge in [0.25, 0.3) is 11.1 Å². The van der Waals surface area contributed by atoms with E-state index in [2.05, 4.69) is 15.3 Å². The molecule has 2 aliphatic heterocycles. The molecule has 176 valence electrons. The number of likely N-dealkylation sites (tertiary alicyclic amines) is 1. The summed E-state index contributed by atoms with van der Waals surface area (Å²) in [6.45, 7) is 3.37. The van der Waals surface area contributed by atoms with Crippen molar-refractivity contribution < 1.29 is 9.18 Å². The lowest BCUT2D eigenvalue weighted by molar-refractivity contribution is -0.122. The molecule has 8 nitrogen and oxygen atoms in total. The maximum atomic E-state index is 14.1. The number of amides is 1. The van der Waals surface area contributed by atoms with Gasteiger partial charge in [-0.3, -0.25) is 14.4 Å². The second-order valence-electron chi connectivity index (χ2n) is 9.00. The highest BCUT2D eigenvalue weighted by Crippen LogP contribution is 2.34. The molecule has 0 aliphatic carbocycles. The smallest absolute Gasteiger partial charge is 0.267 e. The molecule has 2 bridgehead atoms. The molecule has 5 rings (SSSR count). The van der Waals surface area contributed by atoms with Gasteiger partial charge in [0.2, 0.25) is 5.91 Å². The number of halogens is 1. The van der Waals surface area contributed by atoms with Gasteiger partial charge in [-0.1, -0.05) is 18.2 Å². The minimum atomic E-state index is -0.441. The minimum absolute atomic E-state index is 0.0656. The predicted molar refractivity (Wildman–Crippen MR) is 125 cm³/mol. The van der Waals surface area contributed by atoms with Crippen molar-refractivity contribution in [1.82, 2.24) is 24.6 Å². The zero-order valence-electron chi connectivity index (χ0n) is 18.7. The van der Waals surface area contributed by atoms with Crippen LogP contribution in [0.15, 0.2) is 64.2 Å². The molecule has 2 aliphatic rings. The summed E-state index contributed by atoms with van der Waals surface area (Å²) >= 11 is 0. The molecular formula is C25H26FN5O3. The number of piperidine rings is 1. The van der Waals surface area contributed by atoms with E-state index in [0.29, 0.717) is 30.6 Å². The zero-order valence-corrected chi connectivity index (χ0v) is 18.7. The zero-order chi connectivity index (χ0) is 23.7. The Morgan fingerprint density at radius 2 is 1.85 bits per heavy atom. The van der Waals surface area contributed by atoms with Gasteiger partial charge >= 0.3 is 0 Å². The lowest BCUT2D eigenvalue weighted by Crippen LogP contribution is -2.49. The topological polar surface area (TPSA) is 89.2 Å². The molecule has 3 aromatic rings. The summed E-state index contributed by atoms with van der Waals surface area (Å²) in [6, 6.07) is 14.4. The van der Waals surface area contributed by atoms with E-state index in [9.17, 15) is 18.8 Å². The van der Waals surface area contributed by atoms with Crippen molar-refractivity contribution >= 4 is 5.91 Å². The van der Waals surface area contributed by atoms with Gasteiger partial charge in [-0.25, -0.2) is 9.07 Å². The third-order valence-electron chi connectivity index (χ3n) is 6.62. The van der Waals surface area contributed by atoms with E-state index >= 15 is 0 Å². The molecule has 1 amide bonds. The van der Waals surface area contributed by atoms with Gasteiger partial charge < -0.3 is 14.8 Å². The fourth-order valence-electron chi connectivity index (χ4n) is 5.10. The maximum Gasteiger partial charge on any atom is 0.267 e. The van der Waals surface area contributed by atoms with Crippen molar-refractivity contribution in [3.63, 3.8) is 0 Å². The number of nitrogens with zero attached hydrogens (tertiary/aromatic N) is 4. The Morgan fingerprint density at radius 3 is 2.71 bits per heavy atom. The van der Waals surface area contributed by atoms with Crippen LogP contribution in [0.4, 0.5) is 4.39 Å². The Hall–Kier alpha value is -3.59. The molecule has 9 heteroatoms. The van der Waals surface area contributed by atoms with Crippen LogP contribution in [0.5, 0.6) is 0 Å². The standard InChI is InChI=1S/C25H26FN5O3/c26-20-5-2-1-4-19(20)21-8-9-25(34)31(28-21)16-23(32)27-10-11-29-13-17-12-18(15-29)22-6-3-7-24(33)30(22)14-17/h1-9,17-18H,10-16H2,(H,27,32)/t17-,18+/m1/s1. The normalized spacial score (nSPS) is 19.4. The molecule has 1 N–H and O–H groups in total. The third-order valence-corrected chi connectivity index (χ3v) is 6.62. The molecule has 34 heavy (non-hydrogen) atoms. The summed E-state index contributed by atoms with van der Waals surface area (Å²) < 4.78 is 17.0. The van der Waals surface area contributed by atoms with Crippen LogP contribution in [-0.4, -0.2) is 51.3 Å². The Labute approximate surface area is 195 Å². The third kappa shape index (κ3) is 4.56. The molecule has 0 spiro atoms. The van der Waals surface area contributed by atoms with Crippen LogP contribution in [-0.2, 0) is 17.9 Å². The van der Waals surface area contributed by atoms with Crippen LogP contribution in [0.1, 0.15) is 18.0 Å².